The van der Waals surface area contributed by atoms with Crippen molar-refractivity contribution in [2.45, 2.75) is 38.6 Å². The molecular formula is C9H16N4. The van der Waals surface area contributed by atoms with Crippen LogP contribution < -0.4 is 5.32 Å². The van der Waals surface area contributed by atoms with Crippen molar-refractivity contribution in [2.24, 2.45) is 0 Å². The molecule has 13 heavy (non-hydrogen) atoms. The fraction of sp³-hybridized carbons (Fsp3) is 0.778. The van der Waals surface area contributed by atoms with Gasteiger partial charge < -0.3 is 5.32 Å². The summed E-state index contributed by atoms with van der Waals surface area (Å²) in [7, 11) is 0. The molecule has 4 nitrogen and oxygen atoms in total. The van der Waals surface area contributed by atoms with Gasteiger partial charge in [-0.15, -0.1) is 0 Å². The molecule has 1 aliphatic rings. The van der Waals surface area contributed by atoms with Gasteiger partial charge in [0, 0.05) is 12.0 Å². The molecule has 0 bridgehead atoms. The van der Waals surface area contributed by atoms with Crippen LogP contribution in [0.15, 0.2) is 0 Å². The van der Waals surface area contributed by atoms with Crippen LogP contribution in [-0.2, 0) is 0 Å². The Morgan fingerprint density at radius 1 is 1.46 bits per heavy atom. The Bertz CT molecular complexity index is 281. The number of hydrogen-bond donors (Lipinski definition) is 2. The molecule has 2 heterocycles. The summed E-state index contributed by atoms with van der Waals surface area (Å²) in [5.41, 5.74) is 0. The molecule has 0 saturated carbocycles. The van der Waals surface area contributed by atoms with Crippen LogP contribution in [0.4, 0.5) is 0 Å². The van der Waals surface area contributed by atoms with Crippen LogP contribution in [0.3, 0.4) is 0 Å². The molecule has 2 N–H and O–H groups in total. The predicted octanol–water partition coefficient (Wildman–Crippen LogP) is 0.969. The number of piperidine rings is 1. The van der Waals surface area contributed by atoms with Crippen molar-refractivity contribution >= 4 is 0 Å². The van der Waals surface area contributed by atoms with Crippen LogP contribution in [0.1, 0.15) is 37.3 Å². The minimum Gasteiger partial charge on any atom is -0.314 e. The van der Waals surface area contributed by atoms with E-state index >= 15 is 0 Å². The van der Waals surface area contributed by atoms with E-state index in [1.807, 2.05) is 6.92 Å². The molecule has 2 atom stereocenters. The maximum absolute atomic E-state index is 4.37. The van der Waals surface area contributed by atoms with Crippen LogP contribution in [-0.4, -0.2) is 27.8 Å². The molecular weight excluding hydrogens is 164 g/mol. The first-order valence-corrected chi connectivity index (χ1v) is 4.88. The number of hydrogen-bond acceptors (Lipinski definition) is 3. The third-order valence-electron chi connectivity index (χ3n) is 2.60. The number of aromatic nitrogens is 3. The van der Waals surface area contributed by atoms with Crippen LogP contribution >= 0.6 is 0 Å². The smallest absolute Gasteiger partial charge is 0.153 e. The van der Waals surface area contributed by atoms with E-state index in [2.05, 4.69) is 27.4 Å². The number of rotatable bonds is 1. The maximum Gasteiger partial charge on any atom is 0.153 e. The highest BCUT2D eigenvalue weighted by molar-refractivity contribution is 4.99. The molecule has 1 aromatic heterocycles. The fourth-order valence-electron chi connectivity index (χ4n) is 1.91. The standard InChI is InChI=1S/C9H16N4/c1-6-5-8(3-4-10-6)9-11-7(2)12-13-9/h6,8,10H,3-5H2,1-2H3,(H,11,12,13). The Labute approximate surface area is 78.1 Å². The molecule has 0 spiro atoms. The van der Waals surface area contributed by atoms with Crippen molar-refractivity contribution in [1.29, 1.82) is 0 Å². The zero-order valence-electron chi connectivity index (χ0n) is 8.17. The van der Waals surface area contributed by atoms with Crippen LogP contribution in [0, 0.1) is 6.92 Å². The SMILES string of the molecule is Cc1nc(C2CCNC(C)C2)n[nH]1. The highest BCUT2D eigenvalue weighted by Gasteiger charge is 2.22. The van der Waals surface area contributed by atoms with E-state index in [-0.39, 0.29) is 0 Å². The maximum atomic E-state index is 4.37. The number of nitrogens with one attached hydrogen (secondary N) is 2. The molecule has 2 unspecified atom stereocenters. The number of H-pyrrole nitrogens is 1. The minimum atomic E-state index is 0.543. The van der Waals surface area contributed by atoms with Gasteiger partial charge in [-0.1, -0.05) is 0 Å². The molecule has 1 saturated heterocycles. The van der Waals surface area contributed by atoms with Crippen molar-refractivity contribution in [1.82, 2.24) is 20.5 Å². The first-order valence-electron chi connectivity index (χ1n) is 4.88. The van der Waals surface area contributed by atoms with Crippen molar-refractivity contribution in [3.63, 3.8) is 0 Å². The quantitative estimate of drug-likeness (QED) is 0.677. The summed E-state index contributed by atoms with van der Waals surface area (Å²) in [5, 5.41) is 10.5. The predicted molar refractivity (Wildman–Crippen MR) is 50.6 cm³/mol. The molecule has 1 fully saturated rings. The summed E-state index contributed by atoms with van der Waals surface area (Å²) >= 11 is 0. The van der Waals surface area contributed by atoms with Gasteiger partial charge in [-0.05, 0) is 33.2 Å². The first-order chi connectivity index (χ1) is 6.25. The second kappa shape index (κ2) is 3.46. The van der Waals surface area contributed by atoms with Gasteiger partial charge in [-0.25, -0.2) is 4.98 Å². The van der Waals surface area contributed by atoms with Gasteiger partial charge >= 0.3 is 0 Å². The normalized spacial score (nSPS) is 29.1. The summed E-state index contributed by atoms with van der Waals surface area (Å²) in [5.74, 6) is 2.45. The highest BCUT2D eigenvalue weighted by Crippen LogP contribution is 2.24. The second-order valence-corrected chi connectivity index (χ2v) is 3.86. The Morgan fingerprint density at radius 3 is 2.92 bits per heavy atom. The second-order valence-electron chi connectivity index (χ2n) is 3.86. The van der Waals surface area contributed by atoms with Gasteiger partial charge in [-0.3, -0.25) is 5.10 Å². The van der Waals surface area contributed by atoms with Gasteiger partial charge in [0.25, 0.3) is 0 Å². The molecule has 1 aromatic rings. The average Bonchev–Trinajstić information content (AvgIpc) is 2.52. The first kappa shape index (κ1) is 8.69. The van der Waals surface area contributed by atoms with E-state index < -0.39 is 0 Å². The van der Waals surface area contributed by atoms with E-state index in [9.17, 15) is 0 Å². The lowest BCUT2D eigenvalue weighted by molar-refractivity contribution is 0.371. The molecule has 1 aliphatic heterocycles. The van der Waals surface area contributed by atoms with Gasteiger partial charge in [0.2, 0.25) is 0 Å². The Balaban J connectivity index is 2.08. The van der Waals surface area contributed by atoms with Crippen molar-refractivity contribution in [3.05, 3.63) is 11.6 Å². The van der Waals surface area contributed by atoms with Gasteiger partial charge in [-0.2, -0.15) is 5.10 Å². The molecule has 2 rings (SSSR count). The Kier molecular flexibility index (Phi) is 2.31. The number of aromatic amines is 1. The van der Waals surface area contributed by atoms with Gasteiger partial charge in [0.1, 0.15) is 5.82 Å². The molecule has 0 aromatic carbocycles. The summed E-state index contributed by atoms with van der Waals surface area (Å²) in [6.07, 6.45) is 2.30. The highest BCUT2D eigenvalue weighted by atomic mass is 15.2. The zero-order chi connectivity index (χ0) is 9.26. The monoisotopic (exact) mass is 180 g/mol. The topological polar surface area (TPSA) is 53.6 Å². The van der Waals surface area contributed by atoms with Crippen molar-refractivity contribution in [2.75, 3.05) is 6.54 Å². The zero-order valence-corrected chi connectivity index (χ0v) is 8.17. The van der Waals surface area contributed by atoms with E-state index in [0.29, 0.717) is 12.0 Å². The van der Waals surface area contributed by atoms with Crippen LogP contribution in [0.2, 0.25) is 0 Å². The van der Waals surface area contributed by atoms with Crippen molar-refractivity contribution in [3.8, 4) is 0 Å². The number of nitrogens with zero attached hydrogens (tertiary/aromatic N) is 2. The van der Waals surface area contributed by atoms with Gasteiger partial charge in [0.15, 0.2) is 5.82 Å². The summed E-state index contributed by atoms with van der Waals surface area (Å²) < 4.78 is 0. The third kappa shape index (κ3) is 1.88. The van der Waals surface area contributed by atoms with E-state index in [1.165, 1.54) is 0 Å². The van der Waals surface area contributed by atoms with Crippen molar-refractivity contribution < 1.29 is 0 Å². The lowest BCUT2D eigenvalue weighted by atomic mass is 9.93. The van der Waals surface area contributed by atoms with E-state index in [0.717, 1.165) is 31.0 Å². The number of aryl methyl sites for hydroxylation is 1. The van der Waals surface area contributed by atoms with Crippen LogP contribution in [0.25, 0.3) is 0 Å². The Morgan fingerprint density at radius 2 is 2.31 bits per heavy atom. The molecule has 72 valence electrons. The third-order valence-corrected chi connectivity index (χ3v) is 2.60. The van der Waals surface area contributed by atoms with Crippen LogP contribution in [0.5, 0.6) is 0 Å². The summed E-state index contributed by atoms with van der Waals surface area (Å²) in [6, 6.07) is 0.595. The lowest BCUT2D eigenvalue weighted by Gasteiger charge is -2.25. The molecule has 0 radical (unpaired) electrons. The Hall–Kier alpha value is -0.900. The van der Waals surface area contributed by atoms with E-state index in [4.69, 9.17) is 0 Å². The summed E-state index contributed by atoms with van der Waals surface area (Å²) in [6.45, 7) is 5.24. The largest absolute Gasteiger partial charge is 0.314 e. The molecule has 0 amide bonds. The fourth-order valence-corrected chi connectivity index (χ4v) is 1.91. The van der Waals surface area contributed by atoms with E-state index in [1.54, 1.807) is 0 Å². The summed E-state index contributed by atoms with van der Waals surface area (Å²) in [4.78, 5) is 4.37. The van der Waals surface area contributed by atoms with Gasteiger partial charge in [0.05, 0.1) is 0 Å². The molecule has 4 heteroatoms. The molecule has 0 aliphatic carbocycles. The lowest BCUT2D eigenvalue weighted by Crippen LogP contribution is -2.35. The average molecular weight is 180 g/mol. The minimum absolute atomic E-state index is 0.543.